The number of quaternary nitrogens is 2. The van der Waals surface area contributed by atoms with Gasteiger partial charge in [-0.15, -0.1) is 0 Å². The molecule has 3 saturated heterocycles. The van der Waals surface area contributed by atoms with Crippen LogP contribution >= 0.6 is 0 Å². The Kier molecular flexibility index (Phi) is 11.3. The highest BCUT2D eigenvalue weighted by atomic mass is 16.5. The number of rotatable bonds is 11. The Morgan fingerprint density at radius 2 is 1.12 bits per heavy atom. The molecule has 5 aliphatic rings. The van der Waals surface area contributed by atoms with Gasteiger partial charge in [0, 0.05) is 55.8 Å². The maximum atomic E-state index is 6.03. The first-order valence-electron chi connectivity index (χ1n) is 22.8. The van der Waals surface area contributed by atoms with Crippen LogP contribution in [0.15, 0.2) is 91.0 Å². The summed E-state index contributed by atoms with van der Waals surface area (Å²) >= 11 is 0. The highest BCUT2D eigenvalue weighted by Crippen LogP contribution is 2.41. The number of hydrogen-bond donors (Lipinski definition) is 0. The van der Waals surface area contributed by atoms with Gasteiger partial charge in [-0.25, -0.2) is 0 Å². The van der Waals surface area contributed by atoms with Crippen molar-refractivity contribution in [3.63, 3.8) is 0 Å². The second kappa shape index (κ2) is 16.5. The Morgan fingerprint density at radius 1 is 0.579 bits per heavy atom. The van der Waals surface area contributed by atoms with E-state index in [-0.39, 0.29) is 0 Å². The summed E-state index contributed by atoms with van der Waals surface area (Å²) in [5.41, 5.74) is 13.6. The molecule has 0 radical (unpaired) electrons. The quantitative estimate of drug-likeness (QED) is 0.142. The van der Waals surface area contributed by atoms with E-state index in [4.69, 9.17) is 4.74 Å². The van der Waals surface area contributed by atoms with Crippen LogP contribution in [0.3, 0.4) is 0 Å². The SMILES string of the molecule is Cc1cc(C2CC[N+]3(CCOCC3)C(CCN(c3ccccc3C)C3Cc4ccccc4C3)C2)ccc1N(CCC1CC[N+](C)(C)CC1)C1Cc2ccccc2C1. The number of likely N-dealkylation sites (tertiary alicyclic amines) is 1. The van der Waals surface area contributed by atoms with Gasteiger partial charge in [0.25, 0.3) is 0 Å². The van der Waals surface area contributed by atoms with E-state index in [9.17, 15) is 0 Å². The van der Waals surface area contributed by atoms with Crippen LogP contribution in [-0.4, -0.2) is 100 Å². The fourth-order valence-corrected chi connectivity index (χ4v) is 12.1. The minimum atomic E-state index is 0.524. The van der Waals surface area contributed by atoms with Crippen molar-refractivity contribution in [1.82, 2.24) is 0 Å². The van der Waals surface area contributed by atoms with Crippen LogP contribution in [0.25, 0.3) is 0 Å². The summed E-state index contributed by atoms with van der Waals surface area (Å²) in [6.45, 7) is 15.1. The lowest BCUT2D eigenvalue weighted by Crippen LogP contribution is -2.64. The molecule has 0 amide bonds. The van der Waals surface area contributed by atoms with Crippen LogP contribution in [-0.2, 0) is 30.4 Å². The van der Waals surface area contributed by atoms with Crippen LogP contribution < -0.4 is 9.80 Å². The summed E-state index contributed by atoms with van der Waals surface area (Å²) in [4.78, 5) is 5.67. The lowest BCUT2D eigenvalue weighted by Gasteiger charge is -2.52. The van der Waals surface area contributed by atoms with Gasteiger partial charge >= 0.3 is 0 Å². The molecule has 5 heteroatoms. The standard InChI is InChI=1S/C52H70N4O/c1-39-11-5-10-16-51(39)54(49-36-44-14-8-9-15-45(44)37-49)25-20-50-38-47(23-28-56(50)29-31-57-32-30-56)46-17-18-52(40(2)33-46)53(24-19-41-21-26-55(3,4)27-22-41)48-34-42-12-6-7-13-43(42)35-48/h5-18,33,41,47-50H,19-32,34-38H2,1-4H3/q+2. The zero-order valence-electron chi connectivity index (χ0n) is 35.7. The summed E-state index contributed by atoms with van der Waals surface area (Å²) in [7, 11) is 4.83. The maximum Gasteiger partial charge on any atom is 0.103 e. The van der Waals surface area contributed by atoms with Gasteiger partial charge in [-0.2, -0.15) is 0 Å². The Bertz CT molecular complexity index is 1940. The minimum absolute atomic E-state index is 0.524. The molecular weight excluding hydrogens is 697 g/mol. The van der Waals surface area contributed by atoms with Crippen molar-refractivity contribution in [2.24, 2.45) is 5.92 Å². The van der Waals surface area contributed by atoms with Gasteiger partial charge < -0.3 is 23.5 Å². The third-order valence-electron chi connectivity index (χ3n) is 15.7. The van der Waals surface area contributed by atoms with E-state index in [0.29, 0.717) is 24.0 Å². The topological polar surface area (TPSA) is 15.7 Å². The largest absolute Gasteiger partial charge is 0.370 e. The number of nitrogens with zero attached hydrogens (tertiary/aromatic N) is 4. The normalized spacial score (nSPS) is 23.4. The average Bonchev–Trinajstić information content (AvgIpc) is 3.86. The summed E-state index contributed by atoms with van der Waals surface area (Å²) in [5.74, 6) is 1.47. The van der Waals surface area contributed by atoms with Gasteiger partial charge in [-0.05, 0) is 122 Å². The van der Waals surface area contributed by atoms with Crippen molar-refractivity contribution in [2.75, 3.05) is 82.9 Å². The van der Waals surface area contributed by atoms with Gasteiger partial charge in [0.1, 0.15) is 13.1 Å². The second-order valence-electron chi connectivity index (χ2n) is 19.7. The van der Waals surface area contributed by atoms with E-state index >= 15 is 0 Å². The Balaban J connectivity index is 0.945. The molecule has 5 nitrogen and oxygen atoms in total. The van der Waals surface area contributed by atoms with E-state index < -0.39 is 0 Å². The first kappa shape index (κ1) is 38.9. The van der Waals surface area contributed by atoms with Crippen molar-refractivity contribution < 1.29 is 13.7 Å². The summed E-state index contributed by atoms with van der Waals surface area (Å²) < 4.78 is 8.48. The number of fused-ring (bicyclic) bond motifs is 2. The molecule has 3 aliphatic heterocycles. The summed E-state index contributed by atoms with van der Waals surface area (Å²) in [5, 5.41) is 0. The molecule has 4 aromatic rings. The van der Waals surface area contributed by atoms with Crippen LogP contribution in [0, 0.1) is 19.8 Å². The summed E-state index contributed by atoms with van der Waals surface area (Å²) in [6, 6.07) is 37.0. The number of hydrogen-bond acceptors (Lipinski definition) is 3. The Morgan fingerprint density at radius 3 is 1.70 bits per heavy atom. The molecule has 3 heterocycles. The number of benzene rings is 4. The molecular formula is C52H70N4O+2. The van der Waals surface area contributed by atoms with Gasteiger partial charge in [0.2, 0.25) is 0 Å². The zero-order chi connectivity index (χ0) is 39.0. The lowest BCUT2D eigenvalue weighted by molar-refractivity contribution is -0.962. The molecule has 0 N–H and O–H groups in total. The van der Waals surface area contributed by atoms with Crippen molar-refractivity contribution in [1.29, 1.82) is 0 Å². The third kappa shape index (κ3) is 8.32. The first-order chi connectivity index (χ1) is 27.7. The number of piperidine rings is 2. The van der Waals surface area contributed by atoms with Crippen molar-refractivity contribution in [3.8, 4) is 0 Å². The fourth-order valence-electron chi connectivity index (χ4n) is 12.1. The van der Waals surface area contributed by atoms with E-state index in [1.807, 2.05) is 0 Å². The summed E-state index contributed by atoms with van der Waals surface area (Å²) in [6.07, 6.45) is 12.5. The van der Waals surface area contributed by atoms with E-state index in [2.05, 4.69) is 129 Å². The number of anilines is 2. The highest BCUT2D eigenvalue weighted by Gasteiger charge is 2.44. The number of para-hydroxylation sites is 1. The molecule has 0 aromatic heterocycles. The Labute approximate surface area is 344 Å². The first-order valence-corrected chi connectivity index (χ1v) is 22.8. The van der Waals surface area contributed by atoms with E-state index in [1.54, 1.807) is 27.8 Å². The van der Waals surface area contributed by atoms with Crippen LogP contribution in [0.5, 0.6) is 0 Å². The molecule has 9 rings (SSSR count). The molecule has 4 aromatic carbocycles. The van der Waals surface area contributed by atoms with E-state index in [0.717, 1.165) is 38.5 Å². The molecule has 0 bridgehead atoms. The van der Waals surface area contributed by atoms with Crippen molar-refractivity contribution in [2.45, 2.75) is 102 Å². The maximum absolute atomic E-state index is 6.03. The van der Waals surface area contributed by atoms with Crippen molar-refractivity contribution in [3.05, 3.63) is 130 Å². The van der Waals surface area contributed by atoms with Gasteiger partial charge in [-0.1, -0.05) is 78.9 Å². The van der Waals surface area contributed by atoms with Crippen LogP contribution in [0.1, 0.15) is 83.4 Å². The number of aryl methyl sites for hydroxylation is 2. The van der Waals surface area contributed by atoms with Crippen LogP contribution in [0.2, 0.25) is 0 Å². The molecule has 302 valence electrons. The van der Waals surface area contributed by atoms with Gasteiger partial charge in [0.15, 0.2) is 0 Å². The fraction of sp³-hybridized carbons (Fsp3) is 0.538. The van der Waals surface area contributed by atoms with Crippen LogP contribution in [0.4, 0.5) is 11.4 Å². The Hall–Kier alpha value is -3.64. The molecule has 0 saturated carbocycles. The lowest BCUT2D eigenvalue weighted by atomic mass is 9.81. The van der Waals surface area contributed by atoms with E-state index in [1.165, 1.54) is 122 Å². The molecule has 57 heavy (non-hydrogen) atoms. The predicted octanol–water partition coefficient (Wildman–Crippen LogP) is 9.31. The molecule has 2 unspecified atom stereocenters. The number of ether oxygens (including phenoxy) is 1. The molecule has 2 aliphatic carbocycles. The minimum Gasteiger partial charge on any atom is -0.370 e. The predicted molar refractivity (Wildman–Crippen MR) is 238 cm³/mol. The second-order valence-corrected chi connectivity index (χ2v) is 19.7. The average molecular weight is 767 g/mol. The smallest absolute Gasteiger partial charge is 0.103 e. The van der Waals surface area contributed by atoms with Gasteiger partial charge in [-0.3, -0.25) is 0 Å². The molecule has 1 spiro atoms. The van der Waals surface area contributed by atoms with Crippen molar-refractivity contribution >= 4 is 11.4 Å². The highest BCUT2D eigenvalue weighted by molar-refractivity contribution is 5.58. The number of morpholine rings is 1. The molecule has 3 fully saturated rings. The third-order valence-corrected chi connectivity index (χ3v) is 15.7. The monoisotopic (exact) mass is 767 g/mol. The van der Waals surface area contributed by atoms with Gasteiger partial charge in [0.05, 0.1) is 53.0 Å². The zero-order valence-corrected chi connectivity index (χ0v) is 35.7. The molecule has 2 atom stereocenters.